The molecule has 2 aromatic rings. The van der Waals surface area contributed by atoms with Crippen LogP contribution in [-0.2, 0) is 6.42 Å². The van der Waals surface area contributed by atoms with Gasteiger partial charge in [0, 0.05) is 15.5 Å². The molecule has 0 spiro atoms. The summed E-state index contributed by atoms with van der Waals surface area (Å²) >= 11 is 9.37. The van der Waals surface area contributed by atoms with Gasteiger partial charge in [-0.25, -0.2) is 4.39 Å². The van der Waals surface area contributed by atoms with Crippen LogP contribution in [0.5, 0.6) is 0 Å². The fraction of sp³-hybridized carbons (Fsp3) is 0.143. The smallest absolute Gasteiger partial charge is 0.124 e. The standard InChI is InChI=1S/C14H12BrClFN/c15-10-3-1-9(2-4-10)7-14(18)12-6-5-11(17)8-13(12)16/h1-6,8,14H,7,18H2. The molecule has 0 aliphatic heterocycles. The molecule has 2 aromatic carbocycles. The molecule has 18 heavy (non-hydrogen) atoms. The highest BCUT2D eigenvalue weighted by Gasteiger charge is 2.11. The van der Waals surface area contributed by atoms with Crippen LogP contribution >= 0.6 is 27.5 Å². The van der Waals surface area contributed by atoms with Gasteiger partial charge < -0.3 is 5.73 Å². The molecule has 0 amide bonds. The highest BCUT2D eigenvalue weighted by molar-refractivity contribution is 9.10. The van der Waals surface area contributed by atoms with E-state index in [1.165, 1.54) is 12.1 Å². The van der Waals surface area contributed by atoms with E-state index in [1.54, 1.807) is 6.07 Å². The van der Waals surface area contributed by atoms with Crippen molar-refractivity contribution in [2.45, 2.75) is 12.5 Å². The maximum atomic E-state index is 13.0. The molecule has 1 nitrogen and oxygen atoms in total. The van der Waals surface area contributed by atoms with E-state index in [0.29, 0.717) is 11.4 Å². The number of hydrogen-bond donors (Lipinski definition) is 1. The minimum Gasteiger partial charge on any atom is -0.324 e. The van der Waals surface area contributed by atoms with Crippen LogP contribution in [0, 0.1) is 5.82 Å². The lowest BCUT2D eigenvalue weighted by Gasteiger charge is -2.14. The molecule has 0 fully saturated rings. The van der Waals surface area contributed by atoms with Gasteiger partial charge in [0.25, 0.3) is 0 Å². The van der Waals surface area contributed by atoms with Crippen molar-refractivity contribution >= 4 is 27.5 Å². The Hall–Kier alpha value is -0.900. The van der Waals surface area contributed by atoms with Gasteiger partial charge >= 0.3 is 0 Å². The molecule has 0 aliphatic rings. The third-order valence-corrected chi connectivity index (χ3v) is 3.59. The van der Waals surface area contributed by atoms with Gasteiger partial charge in [-0.3, -0.25) is 0 Å². The third kappa shape index (κ3) is 3.31. The first-order chi connectivity index (χ1) is 8.56. The topological polar surface area (TPSA) is 26.0 Å². The zero-order valence-corrected chi connectivity index (χ0v) is 11.9. The number of rotatable bonds is 3. The van der Waals surface area contributed by atoms with Crippen LogP contribution in [0.4, 0.5) is 4.39 Å². The summed E-state index contributed by atoms with van der Waals surface area (Å²) in [6, 6.07) is 12.0. The summed E-state index contributed by atoms with van der Waals surface area (Å²) in [6.07, 6.45) is 0.665. The molecule has 0 saturated heterocycles. The first-order valence-corrected chi connectivity index (χ1v) is 6.68. The SMILES string of the molecule is NC(Cc1ccc(Br)cc1)c1ccc(F)cc1Cl. The molecule has 2 N–H and O–H groups in total. The van der Waals surface area contributed by atoms with Crippen molar-refractivity contribution in [1.29, 1.82) is 0 Å². The monoisotopic (exact) mass is 327 g/mol. The van der Waals surface area contributed by atoms with E-state index in [9.17, 15) is 4.39 Å². The average molecular weight is 329 g/mol. The van der Waals surface area contributed by atoms with E-state index in [-0.39, 0.29) is 11.9 Å². The number of nitrogens with two attached hydrogens (primary N) is 1. The maximum absolute atomic E-state index is 13.0. The minimum atomic E-state index is -0.348. The van der Waals surface area contributed by atoms with Crippen molar-refractivity contribution in [2.24, 2.45) is 5.73 Å². The van der Waals surface area contributed by atoms with Crippen molar-refractivity contribution in [1.82, 2.24) is 0 Å². The summed E-state index contributed by atoms with van der Waals surface area (Å²) in [6.45, 7) is 0. The molecule has 1 atom stereocenters. The zero-order chi connectivity index (χ0) is 13.1. The summed E-state index contributed by atoms with van der Waals surface area (Å²) in [7, 11) is 0. The quantitative estimate of drug-likeness (QED) is 0.883. The summed E-state index contributed by atoms with van der Waals surface area (Å²) in [5.74, 6) is -0.348. The second kappa shape index (κ2) is 5.83. The van der Waals surface area contributed by atoms with E-state index < -0.39 is 0 Å². The van der Waals surface area contributed by atoms with Gasteiger partial charge in [-0.15, -0.1) is 0 Å². The summed E-state index contributed by atoms with van der Waals surface area (Å²) in [4.78, 5) is 0. The lowest BCUT2D eigenvalue weighted by Crippen LogP contribution is -2.14. The van der Waals surface area contributed by atoms with Gasteiger partial charge in [0.15, 0.2) is 0 Å². The molecule has 0 bridgehead atoms. The summed E-state index contributed by atoms with van der Waals surface area (Å²) < 4.78 is 14.0. The first-order valence-electron chi connectivity index (χ1n) is 5.51. The largest absolute Gasteiger partial charge is 0.324 e. The second-order valence-corrected chi connectivity index (χ2v) is 5.43. The third-order valence-electron chi connectivity index (χ3n) is 2.73. The van der Waals surface area contributed by atoms with Gasteiger partial charge in [-0.05, 0) is 41.8 Å². The molecule has 94 valence electrons. The number of benzene rings is 2. The lowest BCUT2D eigenvalue weighted by molar-refractivity contribution is 0.624. The van der Waals surface area contributed by atoms with E-state index >= 15 is 0 Å². The Morgan fingerprint density at radius 3 is 2.44 bits per heavy atom. The van der Waals surface area contributed by atoms with Crippen LogP contribution in [0.2, 0.25) is 5.02 Å². The Morgan fingerprint density at radius 1 is 1.17 bits per heavy atom. The Bertz CT molecular complexity index is 542. The predicted molar refractivity (Wildman–Crippen MR) is 76.2 cm³/mol. The lowest BCUT2D eigenvalue weighted by atomic mass is 10.00. The highest BCUT2D eigenvalue weighted by Crippen LogP contribution is 2.25. The predicted octanol–water partition coefficient (Wildman–Crippen LogP) is 4.48. The molecule has 4 heteroatoms. The van der Waals surface area contributed by atoms with Crippen molar-refractivity contribution in [3.8, 4) is 0 Å². The molecule has 0 heterocycles. The molecule has 2 rings (SSSR count). The van der Waals surface area contributed by atoms with Gasteiger partial charge in [0.05, 0.1) is 0 Å². The van der Waals surface area contributed by atoms with E-state index in [2.05, 4.69) is 15.9 Å². The number of halogens is 3. The van der Waals surface area contributed by atoms with E-state index in [4.69, 9.17) is 17.3 Å². The molecule has 0 aliphatic carbocycles. The fourth-order valence-corrected chi connectivity index (χ4v) is 2.36. The van der Waals surface area contributed by atoms with Crippen molar-refractivity contribution in [3.05, 3.63) is 68.9 Å². The molecular formula is C14H12BrClFN. The first kappa shape index (κ1) is 13.5. The number of hydrogen-bond acceptors (Lipinski definition) is 1. The Morgan fingerprint density at radius 2 is 1.83 bits per heavy atom. The normalized spacial score (nSPS) is 12.4. The van der Waals surface area contributed by atoms with Crippen LogP contribution in [0.15, 0.2) is 46.9 Å². The second-order valence-electron chi connectivity index (χ2n) is 4.10. The van der Waals surface area contributed by atoms with Crippen molar-refractivity contribution in [3.63, 3.8) is 0 Å². The molecule has 0 aromatic heterocycles. The highest BCUT2D eigenvalue weighted by atomic mass is 79.9. The Kier molecular flexibility index (Phi) is 4.38. The van der Waals surface area contributed by atoms with Gasteiger partial charge in [-0.2, -0.15) is 0 Å². The summed E-state index contributed by atoms with van der Waals surface area (Å²) in [5, 5.41) is 0.375. The Labute approximate surface area is 119 Å². The molecule has 0 radical (unpaired) electrons. The molecular weight excluding hydrogens is 317 g/mol. The minimum absolute atomic E-state index is 0.237. The van der Waals surface area contributed by atoms with E-state index in [1.807, 2.05) is 24.3 Å². The molecule has 0 saturated carbocycles. The summed E-state index contributed by atoms with van der Waals surface area (Å²) in [5.41, 5.74) is 7.98. The van der Waals surface area contributed by atoms with Crippen molar-refractivity contribution in [2.75, 3.05) is 0 Å². The van der Waals surface area contributed by atoms with Crippen LogP contribution in [0.1, 0.15) is 17.2 Å². The zero-order valence-electron chi connectivity index (χ0n) is 9.54. The molecule has 1 unspecified atom stereocenters. The Balaban J connectivity index is 2.16. The fourth-order valence-electron chi connectivity index (χ4n) is 1.79. The van der Waals surface area contributed by atoms with Gasteiger partial charge in [-0.1, -0.05) is 45.7 Å². The van der Waals surface area contributed by atoms with Gasteiger partial charge in [0.1, 0.15) is 5.82 Å². The van der Waals surface area contributed by atoms with E-state index in [0.717, 1.165) is 15.6 Å². The van der Waals surface area contributed by atoms with Gasteiger partial charge in [0.2, 0.25) is 0 Å². The van der Waals surface area contributed by atoms with Crippen LogP contribution in [0.25, 0.3) is 0 Å². The van der Waals surface area contributed by atoms with Crippen LogP contribution in [-0.4, -0.2) is 0 Å². The average Bonchev–Trinajstić information content (AvgIpc) is 2.32. The van der Waals surface area contributed by atoms with Crippen molar-refractivity contribution < 1.29 is 4.39 Å². The van der Waals surface area contributed by atoms with Crippen LogP contribution in [0.3, 0.4) is 0 Å². The van der Waals surface area contributed by atoms with Crippen LogP contribution < -0.4 is 5.73 Å². The maximum Gasteiger partial charge on any atom is 0.124 e.